The van der Waals surface area contributed by atoms with Crippen molar-refractivity contribution in [1.82, 2.24) is 0 Å². The molecule has 0 spiro atoms. The van der Waals surface area contributed by atoms with Crippen LogP contribution in [0.5, 0.6) is 0 Å². The minimum Gasteiger partial charge on any atom is -0.478 e. The molecule has 6 N–H and O–H groups in total. The Kier molecular flexibility index (Phi) is 4.33. The Hall–Kier alpha value is -3.80. The van der Waals surface area contributed by atoms with Gasteiger partial charge in [-0.2, -0.15) is 0 Å². The van der Waals surface area contributed by atoms with E-state index in [-0.39, 0.29) is 11.1 Å². The Bertz CT molecular complexity index is 1010. The average Bonchev–Trinajstić information content (AvgIpc) is 2.61. The van der Waals surface area contributed by atoms with Crippen LogP contribution in [-0.2, 0) is 0 Å². The van der Waals surface area contributed by atoms with Gasteiger partial charge in [0, 0.05) is 16.9 Å². The fourth-order valence-electron chi connectivity index (χ4n) is 2.90. The summed E-state index contributed by atoms with van der Waals surface area (Å²) in [4.78, 5) is 23.5. The third-order valence-electron chi connectivity index (χ3n) is 4.05. The van der Waals surface area contributed by atoms with E-state index in [0.717, 1.165) is 0 Å². The highest BCUT2D eigenvalue weighted by Crippen LogP contribution is 2.37. The van der Waals surface area contributed by atoms with E-state index in [4.69, 9.17) is 11.5 Å². The molecule has 0 unspecified atom stereocenters. The highest BCUT2D eigenvalue weighted by atomic mass is 16.4. The molecule has 0 amide bonds. The summed E-state index contributed by atoms with van der Waals surface area (Å²) in [5.41, 5.74) is 14.2. The average molecular weight is 348 g/mol. The highest BCUT2D eigenvalue weighted by molar-refractivity contribution is 6.09. The van der Waals surface area contributed by atoms with Crippen LogP contribution < -0.4 is 11.5 Å². The smallest absolute Gasteiger partial charge is 0.337 e. The second kappa shape index (κ2) is 6.60. The van der Waals surface area contributed by atoms with Crippen molar-refractivity contribution < 1.29 is 19.8 Å². The van der Waals surface area contributed by atoms with Crippen molar-refractivity contribution in [2.45, 2.75) is 0 Å². The van der Waals surface area contributed by atoms with E-state index in [0.29, 0.717) is 33.6 Å². The normalized spacial score (nSPS) is 10.5. The predicted octanol–water partition coefficient (Wildman–Crippen LogP) is 3.58. The first-order valence-electron chi connectivity index (χ1n) is 7.74. The predicted molar refractivity (Wildman–Crippen MR) is 100 cm³/mol. The highest BCUT2D eigenvalue weighted by Gasteiger charge is 2.24. The zero-order chi connectivity index (χ0) is 18.8. The van der Waals surface area contributed by atoms with Crippen LogP contribution in [0.15, 0.2) is 60.7 Å². The van der Waals surface area contributed by atoms with Crippen molar-refractivity contribution in [3.05, 3.63) is 71.8 Å². The van der Waals surface area contributed by atoms with E-state index in [1.165, 1.54) is 6.07 Å². The SMILES string of the molecule is Nc1ccc(-c2c(-c3cccc(N)c3)ccc(C(=O)O)c2C(=O)O)cc1. The molecule has 130 valence electrons. The molecule has 26 heavy (non-hydrogen) atoms. The van der Waals surface area contributed by atoms with Gasteiger partial charge in [0.05, 0.1) is 11.1 Å². The van der Waals surface area contributed by atoms with Crippen molar-refractivity contribution in [3.8, 4) is 22.3 Å². The number of nitrogen functional groups attached to an aromatic ring is 2. The van der Waals surface area contributed by atoms with E-state index in [1.807, 2.05) is 0 Å². The van der Waals surface area contributed by atoms with E-state index in [9.17, 15) is 19.8 Å². The van der Waals surface area contributed by atoms with Crippen molar-refractivity contribution >= 4 is 23.3 Å². The fraction of sp³-hybridized carbons (Fsp3) is 0. The summed E-state index contributed by atoms with van der Waals surface area (Å²) in [6.07, 6.45) is 0. The molecule has 3 aromatic carbocycles. The third kappa shape index (κ3) is 3.08. The van der Waals surface area contributed by atoms with Gasteiger partial charge in [-0.3, -0.25) is 0 Å². The summed E-state index contributed by atoms with van der Waals surface area (Å²) in [6.45, 7) is 0. The largest absolute Gasteiger partial charge is 0.478 e. The van der Waals surface area contributed by atoms with Gasteiger partial charge < -0.3 is 21.7 Å². The van der Waals surface area contributed by atoms with Crippen molar-refractivity contribution in [3.63, 3.8) is 0 Å². The number of hydrogen-bond donors (Lipinski definition) is 4. The molecule has 0 bridgehead atoms. The zero-order valence-electron chi connectivity index (χ0n) is 13.6. The number of rotatable bonds is 4. The first kappa shape index (κ1) is 17.0. The lowest BCUT2D eigenvalue weighted by molar-refractivity contribution is 0.0652. The number of carboxylic acid groups (broad SMARTS) is 2. The van der Waals surface area contributed by atoms with Crippen LogP contribution in [0.4, 0.5) is 11.4 Å². The van der Waals surface area contributed by atoms with E-state index in [2.05, 4.69) is 0 Å². The Labute approximate surface area is 149 Å². The van der Waals surface area contributed by atoms with Gasteiger partial charge in [0.15, 0.2) is 0 Å². The molecule has 3 aromatic rings. The van der Waals surface area contributed by atoms with Crippen LogP contribution in [0.3, 0.4) is 0 Å². The van der Waals surface area contributed by atoms with Gasteiger partial charge in [-0.05, 0) is 47.0 Å². The summed E-state index contributed by atoms with van der Waals surface area (Å²) >= 11 is 0. The number of anilines is 2. The minimum absolute atomic E-state index is 0.276. The summed E-state index contributed by atoms with van der Waals surface area (Å²) < 4.78 is 0. The Morgan fingerprint density at radius 1 is 0.731 bits per heavy atom. The van der Waals surface area contributed by atoms with Crippen LogP contribution in [-0.4, -0.2) is 22.2 Å². The van der Waals surface area contributed by atoms with Gasteiger partial charge in [0.25, 0.3) is 0 Å². The number of carboxylic acids is 2. The molecule has 0 atom stereocenters. The summed E-state index contributed by atoms with van der Waals surface area (Å²) in [5, 5.41) is 19.2. The molecule has 0 fully saturated rings. The number of benzene rings is 3. The van der Waals surface area contributed by atoms with Crippen molar-refractivity contribution in [2.24, 2.45) is 0 Å². The summed E-state index contributed by atoms with van der Waals surface area (Å²) in [7, 11) is 0. The van der Waals surface area contributed by atoms with Gasteiger partial charge in [0.1, 0.15) is 0 Å². The Morgan fingerprint density at radius 3 is 2.00 bits per heavy atom. The van der Waals surface area contributed by atoms with Crippen molar-refractivity contribution in [2.75, 3.05) is 11.5 Å². The minimum atomic E-state index is -1.32. The molecule has 0 aliphatic heterocycles. The van der Waals surface area contributed by atoms with E-state index < -0.39 is 11.9 Å². The summed E-state index contributed by atoms with van der Waals surface area (Å²) in [6, 6.07) is 16.5. The van der Waals surface area contributed by atoms with Gasteiger partial charge in [0.2, 0.25) is 0 Å². The van der Waals surface area contributed by atoms with Gasteiger partial charge in [-0.1, -0.05) is 30.3 Å². The molecule has 6 heteroatoms. The summed E-state index contributed by atoms with van der Waals surface area (Å²) in [5.74, 6) is -2.63. The third-order valence-corrected chi connectivity index (χ3v) is 4.05. The molecule has 0 saturated carbocycles. The monoisotopic (exact) mass is 348 g/mol. The first-order chi connectivity index (χ1) is 12.4. The number of aromatic carboxylic acids is 2. The lowest BCUT2D eigenvalue weighted by Gasteiger charge is -2.16. The molecule has 0 aromatic heterocycles. The van der Waals surface area contributed by atoms with Crippen LogP contribution in [0.2, 0.25) is 0 Å². The topological polar surface area (TPSA) is 127 Å². The van der Waals surface area contributed by atoms with Crippen LogP contribution in [0.25, 0.3) is 22.3 Å². The van der Waals surface area contributed by atoms with Crippen LogP contribution in [0, 0.1) is 0 Å². The molecular weight excluding hydrogens is 332 g/mol. The molecule has 0 radical (unpaired) electrons. The maximum absolute atomic E-state index is 11.9. The first-order valence-corrected chi connectivity index (χ1v) is 7.74. The van der Waals surface area contributed by atoms with E-state index >= 15 is 0 Å². The second-order valence-corrected chi connectivity index (χ2v) is 5.77. The number of hydrogen-bond acceptors (Lipinski definition) is 4. The maximum atomic E-state index is 11.9. The Morgan fingerprint density at radius 2 is 1.42 bits per heavy atom. The molecule has 0 aliphatic carbocycles. The maximum Gasteiger partial charge on any atom is 0.337 e. The molecule has 0 saturated heterocycles. The molecular formula is C20H16N2O4. The molecule has 0 heterocycles. The standard InChI is InChI=1S/C20H16N2O4/c21-13-6-4-11(5-7-13)17-15(12-2-1-3-14(22)10-12)8-9-16(19(23)24)18(17)20(25)26/h1-10H,21-22H2,(H,23,24)(H,25,26). The van der Waals surface area contributed by atoms with Crippen LogP contribution in [0.1, 0.15) is 20.7 Å². The fourth-order valence-corrected chi connectivity index (χ4v) is 2.90. The lowest BCUT2D eigenvalue weighted by atomic mass is 9.87. The number of carbonyl (C=O) groups is 2. The molecule has 0 aliphatic rings. The van der Waals surface area contributed by atoms with Gasteiger partial charge >= 0.3 is 11.9 Å². The second-order valence-electron chi connectivity index (χ2n) is 5.77. The van der Waals surface area contributed by atoms with E-state index in [1.54, 1.807) is 54.6 Å². The Balaban J connectivity index is 2.41. The molecule has 3 rings (SSSR count). The van der Waals surface area contributed by atoms with Crippen molar-refractivity contribution in [1.29, 1.82) is 0 Å². The molecule has 6 nitrogen and oxygen atoms in total. The zero-order valence-corrected chi connectivity index (χ0v) is 13.6. The van der Waals surface area contributed by atoms with Gasteiger partial charge in [-0.15, -0.1) is 0 Å². The van der Waals surface area contributed by atoms with Crippen LogP contribution >= 0.6 is 0 Å². The number of nitrogens with two attached hydrogens (primary N) is 2. The van der Waals surface area contributed by atoms with Gasteiger partial charge in [-0.25, -0.2) is 9.59 Å². The lowest BCUT2D eigenvalue weighted by Crippen LogP contribution is -2.11. The quantitative estimate of drug-likeness (QED) is 0.534.